The molecule has 172 valence electrons. The lowest BCUT2D eigenvalue weighted by Crippen LogP contribution is -2.36. The Morgan fingerprint density at radius 2 is 2.03 bits per heavy atom. The van der Waals surface area contributed by atoms with Crippen molar-refractivity contribution >= 4 is 44.5 Å². The molecule has 0 N–H and O–H groups in total. The standard InChI is InChI=1S/C24H22BrClFN3O3/c1-32-24(31)19-14-21-23(22(27)18(19)12-16-4-5-17(25)13-20(16)26)28-15-30(21)7-3-2-6-29-8-10-33-11-9-29/h4-5,13-15H,6-12H2,1H3. The molecule has 0 radical (unpaired) electrons. The topological polar surface area (TPSA) is 56.6 Å². The number of ether oxygens (including phenoxy) is 2. The van der Waals surface area contributed by atoms with E-state index in [0.29, 0.717) is 29.2 Å². The minimum Gasteiger partial charge on any atom is -0.465 e. The van der Waals surface area contributed by atoms with Crippen LogP contribution in [-0.2, 0) is 22.4 Å². The number of hydrogen-bond acceptors (Lipinski definition) is 5. The first-order valence-electron chi connectivity index (χ1n) is 10.4. The highest BCUT2D eigenvalue weighted by Gasteiger charge is 2.23. The van der Waals surface area contributed by atoms with E-state index in [-0.39, 0.29) is 23.1 Å². The molecular weight excluding hydrogens is 513 g/mol. The Morgan fingerprint density at radius 1 is 1.27 bits per heavy atom. The molecule has 0 atom stereocenters. The number of benzene rings is 2. The molecule has 0 bridgehead atoms. The molecule has 0 unspecified atom stereocenters. The van der Waals surface area contributed by atoms with Gasteiger partial charge >= 0.3 is 5.97 Å². The van der Waals surface area contributed by atoms with Gasteiger partial charge < -0.3 is 14.0 Å². The summed E-state index contributed by atoms with van der Waals surface area (Å²) in [5.74, 6) is 5.07. The van der Waals surface area contributed by atoms with Gasteiger partial charge in [0.05, 0.1) is 50.8 Å². The predicted octanol–water partition coefficient (Wildman–Crippen LogP) is 4.30. The summed E-state index contributed by atoms with van der Waals surface area (Å²) in [5, 5.41) is 0.473. The average molecular weight is 535 g/mol. The maximum absolute atomic E-state index is 15.6. The molecule has 1 fully saturated rings. The van der Waals surface area contributed by atoms with E-state index in [1.165, 1.54) is 13.4 Å². The first-order valence-corrected chi connectivity index (χ1v) is 11.6. The van der Waals surface area contributed by atoms with Gasteiger partial charge in [0.2, 0.25) is 0 Å². The van der Waals surface area contributed by atoms with Crippen LogP contribution in [0.1, 0.15) is 21.5 Å². The third-order valence-electron chi connectivity index (χ3n) is 5.53. The number of aromatic nitrogens is 2. The second-order valence-corrected chi connectivity index (χ2v) is 8.93. The van der Waals surface area contributed by atoms with Crippen LogP contribution in [0.2, 0.25) is 5.02 Å². The van der Waals surface area contributed by atoms with E-state index in [9.17, 15) is 4.79 Å². The maximum atomic E-state index is 15.6. The van der Waals surface area contributed by atoms with Gasteiger partial charge in [-0.25, -0.2) is 14.2 Å². The van der Waals surface area contributed by atoms with Crippen LogP contribution >= 0.6 is 27.5 Å². The number of esters is 1. The highest BCUT2D eigenvalue weighted by atomic mass is 79.9. The second kappa shape index (κ2) is 10.7. The van der Waals surface area contributed by atoms with Gasteiger partial charge in [-0.15, -0.1) is 0 Å². The highest BCUT2D eigenvalue weighted by Crippen LogP contribution is 2.30. The number of nitrogens with zero attached hydrogens (tertiary/aromatic N) is 3. The van der Waals surface area contributed by atoms with Crippen molar-refractivity contribution in [3.8, 4) is 11.8 Å². The highest BCUT2D eigenvalue weighted by molar-refractivity contribution is 9.10. The Bertz CT molecular complexity index is 1250. The molecule has 3 aromatic rings. The van der Waals surface area contributed by atoms with Gasteiger partial charge in [-0.05, 0) is 23.8 Å². The molecule has 0 spiro atoms. The van der Waals surface area contributed by atoms with Crippen LogP contribution in [0.15, 0.2) is 35.1 Å². The molecular formula is C24H22BrClFN3O3. The zero-order valence-electron chi connectivity index (χ0n) is 18.0. The van der Waals surface area contributed by atoms with Gasteiger partial charge in [-0.1, -0.05) is 45.4 Å². The van der Waals surface area contributed by atoms with E-state index in [0.717, 1.165) is 30.8 Å². The van der Waals surface area contributed by atoms with Crippen LogP contribution < -0.4 is 0 Å². The van der Waals surface area contributed by atoms with Crippen LogP contribution in [0.5, 0.6) is 0 Å². The van der Waals surface area contributed by atoms with Gasteiger partial charge in [-0.2, -0.15) is 0 Å². The number of morpholine rings is 1. The fourth-order valence-electron chi connectivity index (χ4n) is 3.71. The minimum absolute atomic E-state index is 0.129. The Balaban J connectivity index is 1.64. The van der Waals surface area contributed by atoms with Crippen molar-refractivity contribution < 1.29 is 18.7 Å². The summed E-state index contributed by atoms with van der Waals surface area (Å²) in [6.45, 7) is 4.15. The van der Waals surface area contributed by atoms with Crippen molar-refractivity contribution in [2.75, 3.05) is 40.0 Å². The maximum Gasteiger partial charge on any atom is 0.338 e. The number of rotatable bonds is 5. The quantitative estimate of drug-likeness (QED) is 0.361. The van der Waals surface area contributed by atoms with Crippen LogP contribution in [0.25, 0.3) is 11.0 Å². The monoisotopic (exact) mass is 533 g/mol. The van der Waals surface area contributed by atoms with Crippen molar-refractivity contribution in [3.63, 3.8) is 0 Å². The summed E-state index contributed by atoms with van der Waals surface area (Å²) in [6.07, 6.45) is 1.67. The summed E-state index contributed by atoms with van der Waals surface area (Å²) in [7, 11) is 1.27. The predicted molar refractivity (Wildman–Crippen MR) is 128 cm³/mol. The van der Waals surface area contributed by atoms with Crippen LogP contribution in [0.4, 0.5) is 4.39 Å². The van der Waals surface area contributed by atoms with E-state index in [2.05, 4.69) is 37.7 Å². The Kier molecular flexibility index (Phi) is 7.66. The number of fused-ring (bicyclic) bond motifs is 1. The van der Waals surface area contributed by atoms with Gasteiger partial charge in [0.25, 0.3) is 0 Å². The lowest BCUT2D eigenvalue weighted by molar-refractivity contribution is 0.0443. The fraction of sp³-hybridized carbons (Fsp3) is 0.333. The van der Waals surface area contributed by atoms with E-state index in [1.807, 2.05) is 6.07 Å². The Morgan fingerprint density at radius 3 is 2.76 bits per heavy atom. The first-order chi connectivity index (χ1) is 16.0. The minimum atomic E-state index is -0.620. The number of imidazole rings is 1. The SMILES string of the molecule is COC(=O)c1cc2c(ncn2CC#CCN2CCOCC2)c(F)c1Cc1ccc(Br)cc1Cl. The third kappa shape index (κ3) is 5.39. The smallest absolute Gasteiger partial charge is 0.338 e. The molecule has 1 aromatic heterocycles. The molecule has 2 aromatic carbocycles. The molecule has 0 amide bonds. The van der Waals surface area contributed by atoms with Gasteiger partial charge in [0.1, 0.15) is 5.52 Å². The average Bonchev–Trinajstić information content (AvgIpc) is 3.23. The molecule has 4 rings (SSSR count). The lowest BCUT2D eigenvalue weighted by Gasteiger charge is -2.24. The largest absolute Gasteiger partial charge is 0.465 e. The molecule has 33 heavy (non-hydrogen) atoms. The van der Waals surface area contributed by atoms with Crippen molar-refractivity contribution in [2.45, 2.75) is 13.0 Å². The summed E-state index contributed by atoms with van der Waals surface area (Å²) in [4.78, 5) is 19.0. The number of carbonyl (C=O) groups is 1. The van der Waals surface area contributed by atoms with E-state index >= 15 is 4.39 Å². The van der Waals surface area contributed by atoms with Crippen molar-refractivity contribution in [3.05, 3.63) is 62.6 Å². The molecule has 9 heteroatoms. The molecule has 0 aliphatic carbocycles. The van der Waals surface area contributed by atoms with Crippen molar-refractivity contribution in [1.82, 2.24) is 14.5 Å². The summed E-state index contributed by atoms with van der Waals surface area (Å²) in [6, 6.07) is 6.96. The number of hydrogen-bond donors (Lipinski definition) is 0. The van der Waals surface area contributed by atoms with E-state index in [4.69, 9.17) is 21.1 Å². The Hall–Kier alpha value is -2.44. The van der Waals surface area contributed by atoms with Crippen LogP contribution in [-0.4, -0.2) is 60.4 Å². The number of carbonyl (C=O) groups excluding carboxylic acids is 1. The first kappa shape index (κ1) is 23.7. The second-order valence-electron chi connectivity index (χ2n) is 7.60. The zero-order chi connectivity index (χ0) is 23.4. The molecule has 6 nitrogen and oxygen atoms in total. The molecule has 0 saturated carbocycles. The summed E-state index contributed by atoms with van der Waals surface area (Å²) in [5.41, 5.74) is 1.70. The van der Waals surface area contributed by atoms with E-state index < -0.39 is 11.8 Å². The van der Waals surface area contributed by atoms with Crippen molar-refractivity contribution in [2.24, 2.45) is 0 Å². The summed E-state index contributed by atoms with van der Waals surface area (Å²) >= 11 is 9.70. The molecule has 1 aliphatic heterocycles. The van der Waals surface area contributed by atoms with E-state index in [1.54, 1.807) is 22.8 Å². The number of halogens is 3. The summed E-state index contributed by atoms with van der Waals surface area (Å²) < 4.78 is 28.4. The molecule has 1 saturated heterocycles. The van der Waals surface area contributed by atoms with Crippen LogP contribution in [0.3, 0.4) is 0 Å². The third-order valence-corrected chi connectivity index (χ3v) is 6.37. The molecule has 1 aliphatic rings. The number of methoxy groups -OCH3 is 1. The normalized spacial score (nSPS) is 14.2. The van der Waals surface area contributed by atoms with Gasteiger partial charge in [-0.3, -0.25) is 4.90 Å². The Labute approximate surface area is 204 Å². The fourth-order valence-corrected chi connectivity index (χ4v) is 4.45. The lowest BCUT2D eigenvalue weighted by atomic mass is 9.98. The van der Waals surface area contributed by atoms with Gasteiger partial charge in [0, 0.05) is 34.6 Å². The van der Waals surface area contributed by atoms with Gasteiger partial charge in [0.15, 0.2) is 5.82 Å². The van der Waals surface area contributed by atoms with Crippen LogP contribution in [0, 0.1) is 17.7 Å². The molecule has 2 heterocycles. The zero-order valence-corrected chi connectivity index (χ0v) is 20.4. The van der Waals surface area contributed by atoms with Crippen molar-refractivity contribution in [1.29, 1.82) is 0 Å².